The van der Waals surface area contributed by atoms with Crippen LogP contribution in [-0.2, 0) is 19.6 Å². The number of nitrogens with zero attached hydrogens (tertiary/aromatic N) is 1. The van der Waals surface area contributed by atoms with Crippen LogP contribution in [0.5, 0.6) is 0 Å². The Kier molecular flexibility index (Phi) is 4.21. The average molecular weight is 242 g/mol. The Morgan fingerprint density at radius 1 is 1.06 bits per heavy atom. The molecule has 2 heteroatoms. The summed E-state index contributed by atoms with van der Waals surface area (Å²) in [5.74, 6) is 0. The van der Waals surface area contributed by atoms with Gasteiger partial charge in [0.1, 0.15) is 0 Å². The third-order valence-electron chi connectivity index (χ3n) is 3.48. The lowest BCUT2D eigenvalue weighted by Gasteiger charge is -2.07. The fourth-order valence-corrected chi connectivity index (χ4v) is 2.48. The van der Waals surface area contributed by atoms with Crippen LogP contribution in [0.15, 0.2) is 36.4 Å². The van der Waals surface area contributed by atoms with Crippen LogP contribution >= 0.6 is 0 Å². The predicted molar refractivity (Wildman–Crippen MR) is 76.6 cm³/mol. The molecule has 1 N–H and O–H groups in total. The minimum Gasteiger partial charge on any atom is -0.349 e. The SMILES string of the molecule is CCn1c(C)cc(CNCc2ccccc2)c1C. The standard InChI is InChI=1S/C16H22N2/c1-4-18-13(2)10-16(14(18)3)12-17-11-15-8-6-5-7-9-15/h5-10,17H,4,11-12H2,1-3H3. The molecule has 0 spiro atoms. The lowest BCUT2D eigenvalue weighted by atomic mass is 10.2. The molecule has 1 aromatic heterocycles. The van der Waals surface area contributed by atoms with Gasteiger partial charge in [0, 0.05) is 31.0 Å². The van der Waals surface area contributed by atoms with E-state index in [-0.39, 0.29) is 0 Å². The van der Waals surface area contributed by atoms with E-state index in [1.807, 2.05) is 0 Å². The van der Waals surface area contributed by atoms with Gasteiger partial charge in [-0.15, -0.1) is 0 Å². The highest BCUT2D eigenvalue weighted by Gasteiger charge is 2.06. The van der Waals surface area contributed by atoms with Gasteiger partial charge in [-0.3, -0.25) is 0 Å². The van der Waals surface area contributed by atoms with Gasteiger partial charge in [0.25, 0.3) is 0 Å². The Labute approximate surface area is 110 Å². The summed E-state index contributed by atoms with van der Waals surface area (Å²) in [5, 5.41) is 3.51. The summed E-state index contributed by atoms with van der Waals surface area (Å²) in [4.78, 5) is 0. The van der Waals surface area contributed by atoms with E-state index in [9.17, 15) is 0 Å². The normalized spacial score (nSPS) is 10.8. The summed E-state index contributed by atoms with van der Waals surface area (Å²) in [6.07, 6.45) is 0. The summed E-state index contributed by atoms with van der Waals surface area (Å²) in [7, 11) is 0. The van der Waals surface area contributed by atoms with Gasteiger partial charge in [-0.2, -0.15) is 0 Å². The molecular formula is C16H22N2. The van der Waals surface area contributed by atoms with Crippen LogP contribution in [0.1, 0.15) is 29.4 Å². The third-order valence-corrected chi connectivity index (χ3v) is 3.48. The third kappa shape index (κ3) is 2.82. The fourth-order valence-electron chi connectivity index (χ4n) is 2.48. The molecule has 0 aliphatic rings. The van der Waals surface area contributed by atoms with Crippen LogP contribution in [-0.4, -0.2) is 4.57 Å². The molecule has 1 aromatic carbocycles. The first-order valence-corrected chi connectivity index (χ1v) is 6.62. The van der Waals surface area contributed by atoms with E-state index in [2.05, 4.69) is 67.1 Å². The van der Waals surface area contributed by atoms with Crippen molar-refractivity contribution in [3.63, 3.8) is 0 Å². The number of rotatable bonds is 5. The Bertz CT molecular complexity index is 497. The first-order chi connectivity index (χ1) is 8.72. The maximum Gasteiger partial charge on any atom is 0.0226 e. The highest BCUT2D eigenvalue weighted by Crippen LogP contribution is 2.14. The quantitative estimate of drug-likeness (QED) is 0.850. The van der Waals surface area contributed by atoms with Crippen molar-refractivity contribution in [1.82, 2.24) is 9.88 Å². The van der Waals surface area contributed by atoms with E-state index in [0.717, 1.165) is 19.6 Å². The Morgan fingerprint density at radius 2 is 1.78 bits per heavy atom. The number of hydrogen-bond donors (Lipinski definition) is 1. The lowest BCUT2D eigenvalue weighted by molar-refractivity contribution is 0.675. The summed E-state index contributed by atoms with van der Waals surface area (Å²) in [6.45, 7) is 9.50. The van der Waals surface area contributed by atoms with Crippen molar-refractivity contribution < 1.29 is 0 Å². The predicted octanol–water partition coefficient (Wildman–Crippen LogP) is 3.41. The van der Waals surface area contributed by atoms with E-state index < -0.39 is 0 Å². The van der Waals surface area contributed by atoms with Crippen molar-refractivity contribution in [1.29, 1.82) is 0 Å². The zero-order valence-corrected chi connectivity index (χ0v) is 11.5. The second-order valence-electron chi connectivity index (χ2n) is 4.73. The van der Waals surface area contributed by atoms with Crippen LogP contribution in [0.4, 0.5) is 0 Å². The van der Waals surface area contributed by atoms with Crippen LogP contribution in [0.25, 0.3) is 0 Å². The monoisotopic (exact) mass is 242 g/mol. The maximum atomic E-state index is 3.51. The fraction of sp³-hybridized carbons (Fsp3) is 0.375. The zero-order chi connectivity index (χ0) is 13.0. The van der Waals surface area contributed by atoms with Crippen LogP contribution in [0.2, 0.25) is 0 Å². The molecule has 0 saturated carbocycles. The molecule has 2 nitrogen and oxygen atoms in total. The van der Waals surface area contributed by atoms with E-state index >= 15 is 0 Å². The van der Waals surface area contributed by atoms with Crippen molar-refractivity contribution in [3.8, 4) is 0 Å². The lowest BCUT2D eigenvalue weighted by Crippen LogP contribution is -2.13. The molecule has 0 atom stereocenters. The smallest absolute Gasteiger partial charge is 0.0226 e. The van der Waals surface area contributed by atoms with Crippen LogP contribution in [0, 0.1) is 13.8 Å². The zero-order valence-electron chi connectivity index (χ0n) is 11.5. The average Bonchev–Trinajstić information content (AvgIpc) is 2.65. The second kappa shape index (κ2) is 5.87. The summed E-state index contributed by atoms with van der Waals surface area (Å²) in [5.41, 5.74) is 5.48. The van der Waals surface area contributed by atoms with Gasteiger partial charge < -0.3 is 9.88 Å². The molecule has 0 aliphatic heterocycles. The van der Waals surface area contributed by atoms with E-state index in [1.54, 1.807) is 0 Å². The largest absolute Gasteiger partial charge is 0.349 e. The second-order valence-corrected chi connectivity index (χ2v) is 4.73. The molecule has 2 aromatic rings. The topological polar surface area (TPSA) is 17.0 Å². The van der Waals surface area contributed by atoms with E-state index in [0.29, 0.717) is 0 Å². The van der Waals surface area contributed by atoms with Crippen molar-refractivity contribution in [2.24, 2.45) is 0 Å². The molecule has 0 radical (unpaired) electrons. The molecule has 18 heavy (non-hydrogen) atoms. The van der Waals surface area contributed by atoms with Gasteiger partial charge in [-0.1, -0.05) is 30.3 Å². The summed E-state index contributed by atoms with van der Waals surface area (Å²) in [6, 6.07) is 12.8. The molecule has 0 fully saturated rings. The number of hydrogen-bond acceptors (Lipinski definition) is 1. The minimum atomic E-state index is 0.927. The van der Waals surface area contributed by atoms with Crippen molar-refractivity contribution in [3.05, 3.63) is 58.9 Å². The molecule has 0 bridgehead atoms. The van der Waals surface area contributed by atoms with Crippen molar-refractivity contribution in [2.75, 3.05) is 0 Å². The molecule has 0 unspecified atom stereocenters. The van der Waals surface area contributed by atoms with Gasteiger partial charge in [-0.05, 0) is 38.0 Å². The highest BCUT2D eigenvalue weighted by atomic mass is 15.0. The van der Waals surface area contributed by atoms with Crippen molar-refractivity contribution in [2.45, 2.75) is 40.4 Å². The Hall–Kier alpha value is -1.54. The molecule has 0 aliphatic carbocycles. The molecule has 1 heterocycles. The summed E-state index contributed by atoms with van der Waals surface area (Å²) < 4.78 is 2.36. The molecule has 0 saturated heterocycles. The minimum absolute atomic E-state index is 0.927. The van der Waals surface area contributed by atoms with Gasteiger partial charge in [-0.25, -0.2) is 0 Å². The van der Waals surface area contributed by atoms with Gasteiger partial charge in [0.15, 0.2) is 0 Å². The maximum absolute atomic E-state index is 3.51. The van der Waals surface area contributed by atoms with Gasteiger partial charge in [0.2, 0.25) is 0 Å². The molecule has 0 amide bonds. The van der Waals surface area contributed by atoms with Crippen molar-refractivity contribution >= 4 is 0 Å². The van der Waals surface area contributed by atoms with Crippen LogP contribution in [0.3, 0.4) is 0 Å². The van der Waals surface area contributed by atoms with E-state index in [1.165, 1.54) is 22.5 Å². The van der Waals surface area contributed by atoms with Gasteiger partial charge >= 0.3 is 0 Å². The highest BCUT2D eigenvalue weighted by molar-refractivity contribution is 5.26. The molecule has 2 rings (SSSR count). The number of benzene rings is 1. The molecular weight excluding hydrogens is 220 g/mol. The molecule has 96 valence electrons. The first kappa shape index (κ1) is 12.9. The Balaban J connectivity index is 1.95. The number of aryl methyl sites for hydroxylation is 1. The number of nitrogens with one attached hydrogen (secondary N) is 1. The summed E-state index contributed by atoms with van der Waals surface area (Å²) >= 11 is 0. The van der Waals surface area contributed by atoms with Crippen LogP contribution < -0.4 is 5.32 Å². The Morgan fingerprint density at radius 3 is 2.39 bits per heavy atom. The van der Waals surface area contributed by atoms with Gasteiger partial charge in [0.05, 0.1) is 0 Å². The number of aromatic nitrogens is 1. The first-order valence-electron chi connectivity index (χ1n) is 6.62. The van der Waals surface area contributed by atoms with E-state index in [4.69, 9.17) is 0 Å².